The Hall–Kier alpha value is -3.18. The Morgan fingerprint density at radius 2 is 1.82 bits per heavy atom. The van der Waals surface area contributed by atoms with Crippen LogP contribution in [0.5, 0.6) is 0 Å². The van der Waals surface area contributed by atoms with Gasteiger partial charge in [0.05, 0.1) is 0 Å². The molecule has 5 nitrogen and oxygen atoms in total. The van der Waals surface area contributed by atoms with E-state index in [1.54, 1.807) is 10.6 Å². The summed E-state index contributed by atoms with van der Waals surface area (Å²) in [5, 5.41) is 1.45. The van der Waals surface area contributed by atoms with Gasteiger partial charge in [-0.05, 0) is 40.6 Å². The summed E-state index contributed by atoms with van der Waals surface area (Å²) in [6.07, 6.45) is 2.96. The molecule has 3 rings (SSSR count). The van der Waals surface area contributed by atoms with Crippen molar-refractivity contribution in [1.82, 2.24) is 4.57 Å². The first-order valence-electron chi connectivity index (χ1n) is 9.34. The molecule has 3 aromatic rings. The molecule has 0 bridgehead atoms. The van der Waals surface area contributed by atoms with E-state index in [9.17, 15) is 9.59 Å². The molecule has 0 saturated carbocycles. The fourth-order valence-electron chi connectivity index (χ4n) is 3.49. The van der Waals surface area contributed by atoms with Crippen LogP contribution < -0.4 is 17.0 Å². The minimum Gasteiger partial charge on any atom is -0.366 e. The lowest BCUT2D eigenvalue weighted by Gasteiger charge is -2.20. The summed E-state index contributed by atoms with van der Waals surface area (Å²) in [6.45, 7) is 5.02. The Kier molecular flexibility index (Phi) is 5.76. The third-order valence-corrected chi connectivity index (χ3v) is 4.65. The molecule has 0 aliphatic carbocycles. The Bertz CT molecular complexity index is 1100. The van der Waals surface area contributed by atoms with Gasteiger partial charge < -0.3 is 16.0 Å². The monoisotopic (exact) mass is 375 g/mol. The van der Waals surface area contributed by atoms with Gasteiger partial charge in [-0.2, -0.15) is 0 Å². The molecule has 0 radical (unpaired) electrons. The number of nitrogens with zero attached hydrogens (tertiary/aromatic N) is 1. The summed E-state index contributed by atoms with van der Waals surface area (Å²) in [7, 11) is 0. The van der Waals surface area contributed by atoms with Crippen molar-refractivity contribution < 1.29 is 4.79 Å². The van der Waals surface area contributed by atoms with Crippen LogP contribution >= 0.6 is 0 Å². The maximum atomic E-state index is 13.2. The number of aromatic nitrogens is 1. The second-order valence-corrected chi connectivity index (χ2v) is 7.24. The van der Waals surface area contributed by atoms with E-state index in [-0.39, 0.29) is 12.1 Å². The minimum absolute atomic E-state index is 0.0470. The normalized spacial score (nSPS) is 11.6. The number of hydrogen-bond donors (Lipinski definition) is 2. The van der Waals surface area contributed by atoms with Gasteiger partial charge in [-0.1, -0.05) is 50.2 Å². The number of primary amides is 1. The lowest BCUT2D eigenvalue weighted by Crippen LogP contribution is -2.28. The van der Waals surface area contributed by atoms with Crippen molar-refractivity contribution in [3.05, 3.63) is 76.2 Å². The Balaban J connectivity index is 2.41. The number of amides is 1. The summed E-state index contributed by atoms with van der Waals surface area (Å²) >= 11 is 0. The first-order chi connectivity index (χ1) is 13.4. The van der Waals surface area contributed by atoms with Gasteiger partial charge in [0.15, 0.2) is 0 Å². The molecule has 0 aliphatic heterocycles. The summed E-state index contributed by atoms with van der Waals surface area (Å²) in [6, 6.07) is 15.5. The van der Waals surface area contributed by atoms with Crippen LogP contribution in [0.1, 0.15) is 25.1 Å². The van der Waals surface area contributed by atoms with Crippen LogP contribution in [0, 0.1) is 5.92 Å². The molecule has 0 spiro atoms. The van der Waals surface area contributed by atoms with Crippen LogP contribution in [0.3, 0.4) is 0 Å². The van der Waals surface area contributed by atoms with Gasteiger partial charge in [0.1, 0.15) is 0 Å². The van der Waals surface area contributed by atoms with E-state index in [1.807, 2.05) is 48.5 Å². The van der Waals surface area contributed by atoms with Crippen molar-refractivity contribution in [1.29, 1.82) is 0 Å². The third-order valence-electron chi connectivity index (χ3n) is 4.65. The number of nitrogens with two attached hydrogens (primary N) is 2. The zero-order valence-corrected chi connectivity index (χ0v) is 16.2. The predicted octanol–water partition coefficient (Wildman–Crippen LogP) is 3.28. The molecule has 0 saturated heterocycles. The Labute approximate surface area is 164 Å². The van der Waals surface area contributed by atoms with E-state index in [2.05, 4.69) is 13.8 Å². The van der Waals surface area contributed by atoms with Gasteiger partial charge in [-0.15, -0.1) is 0 Å². The van der Waals surface area contributed by atoms with Crippen molar-refractivity contribution in [3.8, 4) is 11.1 Å². The van der Waals surface area contributed by atoms with Crippen molar-refractivity contribution in [2.75, 3.05) is 0 Å². The van der Waals surface area contributed by atoms with Crippen molar-refractivity contribution >= 4 is 22.8 Å². The number of pyridine rings is 1. The van der Waals surface area contributed by atoms with Gasteiger partial charge in [-0.25, -0.2) is 0 Å². The van der Waals surface area contributed by atoms with Crippen molar-refractivity contribution in [3.63, 3.8) is 0 Å². The highest BCUT2D eigenvalue weighted by atomic mass is 16.1. The molecular weight excluding hydrogens is 350 g/mol. The SMILES string of the molecule is CC(C)Cn1c(CN)c(-c2ccccc2)c2cc(/C=C/C(N)=O)ccc2c1=O. The van der Waals surface area contributed by atoms with Gasteiger partial charge in [0.2, 0.25) is 5.91 Å². The molecule has 0 fully saturated rings. The minimum atomic E-state index is -0.515. The van der Waals surface area contributed by atoms with Crippen LogP contribution in [-0.4, -0.2) is 10.5 Å². The number of hydrogen-bond acceptors (Lipinski definition) is 3. The fourth-order valence-corrected chi connectivity index (χ4v) is 3.49. The first kappa shape index (κ1) is 19.6. The molecule has 0 unspecified atom stereocenters. The van der Waals surface area contributed by atoms with Crippen molar-refractivity contribution in [2.24, 2.45) is 17.4 Å². The molecule has 144 valence electrons. The number of benzene rings is 2. The predicted molar refractivity (Wildman–Crippen MR) is 115 cm³/mol. The molecule has 4 N–H and O–H groups in total. The molecule has 1 heterocycles. The lowest BCUT2D eigenvalue weighted by atomic mass is 9.95. The Morgan fingerprint density at radius 1 is 1.11 bits per heavy atom. The van der Waals surface area contributed by atoms with E-state index in [0.717, 1.165) is 27.8 Å². The molecule has 28 heavy (non-hydrogen) atoms. The van der Waals surface area contributed by atoms with E-state index in [0.29, 0.717) is 17.8 Å². The van der Waals surface area contributed by atoms with Gasteiger partial charge in [0, 0.05) is 35.8 Å². The number of carbonyl (C=O) groups is 1. The van der Waals surface area contributed by atoms with E-state index in [1.165, 1.54) is 6.08 Å². The largest absolute Gasteiger partial charge is 0.366 e. The van der Waals surface area contributed by atoms with Gasteiger partial charge >= 0.3 is 0 Å². The molecule has 0 atom stereocenters. The maximum Gasteiger partial charge on any atom is 0.258 e. The maximum absolute atomic E-state index is 13.2. The average molecular weight is 375 g/mol. The highest BCUT2D eigenvalue weighted by Gasteiger charge is 2.18. The average Bonchev–Trinajstić information content (AvgIpc) is 2.68. The standard InChI is InChI=1S/C23H25N3O2/c1-15(2)14-26-20(13-24)22(17-6-4-3-5-7-17)19-12-16(9-11-21(25)27)8-10-18(19)23(26)28/h3-12,15H,13-14,24H2,1-2H3,(H2,25,27)/b11-9+. The second kappa shape index (κ2) is 8.23. The topological polar surface area (TPSA) is 91.1 Å². The van der Waals surface area contributed by atoms with Crippen LogP contribution in [0.2, 0.25) is 0 Å². The molecular formula is C23H25N3O2. The van der Waals surface area contributed by atoms with Crippen molar-refractivity contribution in [2.45, 2.75) is 26.9 Å². The molecule has 5 heteroatoms. The van der Waals surface area contributed by atoms with Crippen LogP contribution in [0.15, 0.2) is 59.4 Å². The summed E-state index contributed by atoms with van der Waals surface area (Å²) in [5.41, 5.74) is 14.9. The highest BCUT2D eigenvalue weighted by Crippen LogP contribution is 2.31. The summed E-state index contributed by atoms with van der Waals surface area (Å²) < 4.78 is 1.80. The molecule has 0 aliphatic rings. The Morgan fingerprint density at radius 3 is 2.43 bits per heavy atom. The van der Waals surface area contributed by atoms with Gasteiger partial charge in [0.25, 0.3) is 5.56 Å². The zero-order valence-electron chi connectivity index (χ0n) is 16.2. The molecule has 1 aromatic heterocycles. The fraction of sp³-hybridized carbons (Fsp3) is 0.217. The van der Waals surface area contributed by atoms with Gasteiger partial charge in [-0.3, -0.25) is 9.59 Å². The quantitative estimate of drug-likeness (QED) is 0.648. The smallest absolute Gasteiger partial charge is 0.258 e. The van der Waals surface area contributed by atoms with E-state index >= 15 is 0 Å². The number of fused-ring (bicyclic) bond motifs is 1. The molecule has 2 aromatic carbocycles. The third kappa shape index (κ3) is 3.89. The first-order valence-corrected chi connectivity index (χ1v) is 9.34. The zero-order chi connectivity index (χ0) is 20.3. The van der Waals surface area contributed by atoms with Crippen LogP contribution in [-0.2, 0) is 17.9 Å². The number of carbonyl (C=O) groups excluding carboxylic acids is 1. The lowest BCUT2D eigenvalue weighted by molar-refractivity contribution is -0.113. The highest BCUT2D eigenvalue weighted by molar-refractivity contribution is 5.99. The van der Waals surface area contributed by atoms with E-state index < -0.39 is 5.91 Å². The molecule has 1 amide bonds. The van der Waals surface area contributed by atoms with Crippen LogP contribution in [0.4, 0.5) is 0 Å². The van der Waals surface area contributed by atoms with Crippen LogP contribution in [0.25, 0.3) is 28.0 Å². The van der Waals surface area contributed by atoms with E-state index in [4.69, 9.17) is 11.5 Å². The summed E-state index contributed by atoms with van der Waals surface area (Å²) in [5.74, 6) is -0.208. The second-order valence-electron chi connectivity index (χ2n) is 7.24. The number of rotatable bonds is 6. The summed E-state index contributed by atoms with van der Waals surface area (Å²) in [4.78, 5) is 24.3.